The van der Waals surface area contributed by atoms with E-state index in [4.69, 9.17) is 21.1 Å². The number of aliphatic carboxylic acids is 3. The first kappa shape index (κ1) is 19.3. The first-order chi connectivity index (χ1) is 9.86. The van der Waals surface area contributed by atoms with E-state index in [2.05, 4.69) is 5.32 Å². The van der Waals surface area contributed by atoms with Crippen LogP contribution in [0.2, 0.25) is 0 Å². The van der Waals surface area contributed by atoms with Crippen molar-refractivity contribution in [1.82, 2.24) is 10.2 Å². The van der Waals surface area contributed by atoms with E-state index in [-0.39, 0.29) is 13.1 Å². The average Bonchev–Trinajstić information content (AvgIpc) is 2.35. The fourth-order valence-corrected chi connectivity index (χ4v) is 1.80. The molecule has 0 heterocycles. The van der Waals surface area contributed by atoms with Gasteiger partial charge in [-0.2, -0.15) is 0 Å². The van der Waals surface area contributed by atoms with E-state index in [0.717, 1.165) is 6.42 Å². The van der Waals surface area contributed by atoms with E-state index in [1.165, 1.54) is 4.90 Å². The lowest BCUT2D eigenvalue weighted by atomic mass is 10.1. The predicted molar refractivity (Wildman–Crippen MR) is 74.0 cm³/mol. The second-order valence-electron chi connectivity index (χ2n) is 4.63. The highest BCUT2D eigenvalue weighted by molar-refractivity contribution is 5.73. The first-order valence-corrected chi connectivity index (χ1v) is 6.69. The van der Waals surface area contributed by atoms with E-state index >= 15 is 0 Å². The fraction of sp³-hybridized carbons (Fsp3) is 0.750. The maximum Gasteiger partial charge on any atom is 0.320 e. The summed E-state index contributed by atoms with van der Waals surface area (Å²) in [6, 6.07) is -0.743. The molecule has 0 aromatic carbocycles. The Hall–Kier alpha value is -1.71. The van der Waals surface area contributed by atoms with Gasteiger partial charge in [0, 0.05) is 13.1 Å². The zero-order valence-corrected chi connectivity index (χ0v) is 11.8. The summed E-state index contributed by atoms with van der Waals surface area (Å²) in [6.07, 6.45) is 1.83. The Bertz CT molecular complexity index is 334. The topological polar surface area (TPSA) is 153 Å². The molecule has 0 aromatic heterocycles. The number of carboxylic acids is 3. The molecule has 0 aliphatic heterocycles. The van der Waals surface area contributed by atoms with Crippen molar-refractivity contribution in [3.63, 3.8) is 0 Å². The molecule has 9 heteroatoms. The van der Waals surface area contributed by atoms with Gasteiger partial charge in [0.25, 0.3) is 0 Å². The van der Waals surface area contributed by atoms with Crippen molar-refractivity contribution in [3.05, 3.63) is 0 Å². The van der Waals surface area contributed by atoms with Crippen LogP contribution in [0.25, 0.3) is 0 Å². The monoisotopic (exact) mass is 305 g/mol. The first-order valence-electron chi connectivity index (χ1n) is 6.69. The van der Waals surface area contributed by atoms with Gasteiger partial charge in [-0.1, -0.05) is 6.42 Å². The molecule has 0 saturated heterocycles. The van der Waals surface area contributed by atoms with Gasteiger partial charge in [0.15, 0.2) is 0 Å². The van der Waals surface area contributed by atoms with E-state index in [9.17, 15) is 14.4 Å². The number of nitrogens with two attached hydrogens (primary N) is 1. The van der Waals surface area contributed by atoms with Gasteiger partial charge < -0.3 is 26.4 Å². The summed E-state index contributed by atoms with van der Waals surface area (Å²) in [5.41, 5.74) is 5.34. The van der Waals surface area contributed by atoms with E-state index < -0.39 is 37.0 Å². The normalized spacial score (nSPS) is 12.3. The van der Waals surface area contributed by atoms with Gasteiger partial charge in [0.05, 0.1) is 13.1 Å². The van der Waals surface area contributed by atoms with Crippen LogP contribution in [0.4, 0.5) is 0 Å². The number of nitrogens with zero attached hydrogens (tertiary/aromatic N) is 1. The number of rotatable bonds is 13. The highest BCUT2D eigenvalue weighted by Crippen LogP contribution is 2.00. The van der Waals surface area contributed by atoms with Gasteiger partial charge in [-0.3, -0.25) is 19.3 Å². The molecule has 0 amide bonds. The summed E-state index contributed by atoms with van der Waals surface area (Å²) in [4.78, 5) is 33.5. The summed E-state index contributed by atoms with van der Waals surface area (Å²) in [7, 11) is 0. The lowest BCUT2D eigenvalue weighted by Crippen LogP contribution is -2.43. The number of unbranched alkanes of at least 4 members (excludes halogenated alkanes) is 1. The van der Waals surface area contributed by atoms with E-state index in [1.807, 2.05) is 0 Å². The molecule has 0 aliphatic rings. The van der Waals surface area contributed by atoms with Crippen molar-refractivity contribution in [2.24, 2.45) is 5.73 Å². The largest absolute Gasteiger partial charge is 0.480 e. The van der Waals surface area contributed by atoms with E-state index in [1.54, 1.807) is 0 Å². The molecule has 0 fully saturated rings. The molecule has 0 rings (SSSR count). The summed E-state index contributed by atoms with van der Waals surface area (Å²) >= 11 is 0. The molecule has 0 saturated carbocycles. The molecule has 0 radical (unpaired) electrons. The number of carbonyl (C=O) groups is 3. The zero-order valence-electron chi connectivity index (χ0n) is 11.8. The Morgan fingerprint density at radius 3 is 2.05 bits per heavy atom. The molecule has 0 aromatic rings. The van der Waals surface area contributed by atoms with E-state index in [0.29, 0.717) is 19.4 Å². The van der Waals surface area contributed by atoms with Crippen LogP contribution in [0.3, 0.4) is 0 Å². The van der Waals surface area contributed by atoms with Gasteiger partial charge in [0.1, 0.15) is 6.04 Å². The molecule has 21 heavy (non-hydrogen) atoms. The SMILES string of the molecule is NCCCCC(NCCN(CC(=O)O)CC(=O)O)C(=O)O. The molecule has 0 bridgehead atoms. The Morgan fingerprint density at radius 2 is 1.62 bits per heavy atom. The van der Waals surface area contributed by atoms with Gasteiger partial charge in [-0.25, -0.2) is 0 Å². The van der Waals surface area contributed by atoms with Crippen LogP contribution in [0.5, 0.6) is 0 Å². The third-order valence-corrected chi connectivity index (χ3v) is 2.78. The van der Waals surface area contributed by atoms with Crippen molar-refractivity contribution >= 4 is 17.9 Å². The maximum absolute atomic E-state index is 11.0. The summed E-state index contributed by atoms with van der Waals surface area (Å²) in [6.45, 7) is 0.0224. The number of nitrogens with one attached hydrogen (secondary N) is 1. The minimum atomic E-state index is -1.13. The Kier molecular flexibility index (Phi) is 10.1. The minimum absolute atomic E-state index is 0.138. The van der Waals surface area contributed by atoms with Crippen molar-refractivity contribution in [1.29, 1.82) is 0 Å². The number of hydrogen-bond acceptors (Lipinski definition) is 6. The Morgan fingerprint density at radius 1 is 1.05 bits per heavy atom. The van der Waals surface area contributed by atoms with Crippen LogP contribution >= 0.6 is 0 Å². The van der Waals surface area contributed by atoms with Crippen LogP contribution in [0.1, 0.15) is 19.3 Å². The molecule has 1 atom stereocenters. The second-order valence-corrected chi connectivity index (χ2v) is 4.63. The highest BCUT2D eigenvalue weighted by Gasteiger charge is 2.18. The fourth-order valence-electron chi connectivity index (χ4n) is 1.80. The average molecular weight is 305 g/mol. The smallest absolute Gasteiger partial charge is 0.320 e. The third-order valence-electron chi connectivity index (χ3n) is 2.78. The standard InChI is InChI=1S/C12H23N3O6/c13-4-2-1-3-9(12(20)21)14-5-6-15(7-10(16)17)8-11(18)19/h9,14H,1-8,13H2,(H,16,17)(H,18,19)(H,20,21). The summed E-state index contributed by atoms with van der Waals surface area (Å²) < 4.78 is 0. The Labute approximate surface area is 122 Å². The second kappa shape index (κ2) is 11.0. The van der Waals surface area contributed by atoms with Crippen LogP contribution in [0, 0.1) is 0 Å². The van der Waals surface area contributed by atoms with Gasteiger partial charge >= 0.3 is 17.9 Å². The van der Waals surface area contributed by atoms with Crippen molar-refractivity contribution in [2.45, 2.75) is 25.3 Å². The molecule has 9 nitrogen and oxygen atoms in total. The highest BCUT2D eigenvalue weighted by atomic mass is 16.4. The molecule has 122 valence electrons. The van der Waals surface area contributed by atoms with Crippen LogP contribution in [0.15, 0.2) is 0 Å². The predicted octanol–water partition coefficient (Wildman–Crippen LogP) is -1.37. The van der Waals surface area contributed by atoms with Gasteiger partial charge in [0.2, 0.25) is 0 Å². The zero-order chi connectivity index (χ0) is 16.3. The molecular formula is C12H23N3O6. The molecule has 0 spiro atoms. The molecule has 6 N–H and O–H groups in total. The van der Waals surface area contributed by atoms with Gasteiger partial charge in [-0.05, 0) is 19.4 Å². The third kappa shape index (κ3) is 10.7. The lowest BCUT2D eigenvalue weighted by Gasteiger charge is -2.20. The number of hydrogen-bond donors (Lipinski definition) is 5. The van der Waals surface area contributed by atoms with Crippen LogP contribution < -0.4 is 11.1 Å². The lowest BCUT2D eigenvalue weighted by molar-refractivity contribution is -0.143. The molecule has 1 unspecified atom stereocenters. The van der Waals surface area contributed by atoms with Crippen LogP contribution in [-0.4, -0.2) is 76.9 Å². The maximum atomic E-state index is 11.0. The van der Waals surface area contributed by atoms with Crippen molar-refractivity contribution in [3.8, 4) is 0 Å². The van der Waals surface area contributed by atoms with Crippen molar-refractivity contribution < 1.29 is 29.7 Å². The minimum Gasteiger partial charge on any atom is -0.480 e. The quantitative estimate of drug-likeness (QED) is 0.259. The number of carboxylic acid groups (broad SMARTS) is 3. The molecule has 0 aliphatic carbocycles. The Balaban J connectivity index is 4.20. The van der Waals surface area contributed by atoms with Crippen molar-refractivity contribution in [2.75, 3.05) is 32.7 Å². The molecular weight excluding hydrogens is 282 g/mol. The summed E-state index contributed by atoms with van der Waals surface area (Å²) in [5.74, 6) is -3.25. The summed E-state index contributed by atoms with van der Waals surface area (Å²) in [5, 5.41) is 29.2. The van der Waals surface area contributed by atoms with Crippen LogP contribution in [-0.2, 0) is 14.4 Å². The van der Waals surface area contributed by atoms with Gasteiger partial charge in [-0.15, -0.1) is 0 Å².